The van der Waals surface area contributed by atoms with Crippen LogP contribution in [0.5, 0.6) is 5.75 Å². The third kappa shape index (κ3) is 4.44. The van der Waals surface area contributed by atoms with Crippen LogP contribution >= 0.6 is 15.9 Å². The molecule has 1 amide bonds. The maximum absolute atomic E-state index is 12.3. The third-order valence-corrected chi connectivity index (χ3v) is 4.34. The molecule has 2 heterocycles. The Balaban J connectivity index is 1.42. The van der Waals surface area contributed by atoms with Gasteiger partial charge in [-0.05, 0) is 24.3 Å². The summed E-state index contributed by atoms with van der Waals surface area (Å²) in [4.78, 5) is 24.8. The number of amides is 1. The van der Waals surface area contributed by atoms with Crippen molar-refractivity contribution in [3.8, 4) is 5.75 Å². The van der Waals surface area contributed by atoms with Gasteiger partial charge in [-0.2, -0.15) is 0 Å². The van der Waals surface area contributed by atoms with E-state index in [1.54, 1.807) is 18.5 Å². The molecule has 1 fully saturated rings. The quantitative estimate of drug-likeness (QED) is 0.783. The molecule has 126 valence electrons. The van der Waals surface area contributed by atoms with Crippen molar-refractivity contribution in [1.29, 1.82) is 0 Å². The van der Waals surface area contributed by atoms with Crippen molar-refractivity contribution in [2.24, 2.45) is 0 Å². The Hall–Kier alpha value is -2.15. The number of aromatic nitrogens is 2. The van der Waals surface area contributed by atoms with E-state index in [4.69, 9.17) is 4.74 Å². The van der Waals surface area contributed by atoms with Crippen molar-refractivity contribution >= 4 is 27.8 Å². The minimum Gasteiger partial charge on any atom is -0.493 e. The van der Waals surface area contributed by atoms with Crippen LogP contribution in [0.4, 0.5) is 5.95 Å². The fourth-order valence-electron chi connectivity index (χ4n) is 2.58. The Bertz CT molecular complexity index is 675. The van der Waals surface area contributed by atoms with Gasteiger partial charge < -0.3 is 14.5 Å². The first-order valence-electron chi connectivity index (χ1n) is 7.90. The number of piperazine rings is 1. The van der Waals surface area contributed by atoms with Gasteiger partial charge in [-0.15, -0.1) is 0 Å². The molecule has 2 aromatic rings. The van der Waals surface area contributed by atoms with Crippen molar-refractivity contribution < 1.29 is 9.53 Å². The lowest BCUT2D eigenvalue weighted by atomic mass is 10.3. The normalized spacial score (nSPS) is 14.5. The van der Waals surface area contributed by atoms with E-state index < -0.39 is 0 Å². The van der Waals surface area contributed by atoms with Crippen LogP contribution < -0.4 is 9.64 Å². The van der Waals surface area contributed by atoms with Gasteiger partial charge in [0, 0.05) is 43.0 Å². The van der Waals surface area contributed by atoms with Gasteiger partial charge in [-0.3, -0.25) is 4.79 Å². The number of benzene rings is 1. The first-order valence-corrected chi connectivity index (χ1v) is 8.70. The van der Waals surface area contributed by atoms with Gasteiger partial charge in [0.05, 0.1) is 13.0 Å². The lowest BCUT2D eigenvalue weighted by Crippen LogP contribution is -2.49. The number of anilines is 1. The molecule has 1 aliphatic heterocycles. The number of rotatable bonds is 5. The van der Waals surface area contributed by atoms with E-state index in [2.05, 4.69) is 30.8 Å². The van der Waals surface area contributed by atoms with E-state index in [9.17, 15) is 4.79 Å². The summed E-state index contributed by atoms with van der Waals surface area (Å²) in [5.41, 5.74) is 0. The number of ether oxygens (including phenoxy) is 1. The summed E-state index contributed by atoms with van der Waals surface area (Å²) in [5.74, 6) is 1.62. The molecular formula is C17H19BrN4O2. The maximum atomic E-state index is 12.3. The summed E-state index contributed by atoms with van der Waals surface area (Å²) in [6, 6.07) is 9.42. The highest BCUT2D eigenvalue weighted by Crippen LogP contribution is 2.18. The van der Waals surface area contributed by atoms with Gasteiger partial charge in [-0.25, -0.2) is 9.97 Å². The molecule has 0 radical (unpaired) electrons. The minimum atomic E-state index is 0.124. The van der Waals surface area contributed by atoms with Crippen LogP contribution in [0.1, 0.15) is 6.42 Å². The van der Waals surface area contributed by atoms with Gasteiger partial charge in [0.1, 0.15) is 5.75 Å². The zero-order valence-corrected chi connectivity index (χ0v) is 14.9. The number of hydrogen-bond donors (Lipinski definition) is 0. The lowest BCUT2D eigenvalue weighted by Gasteiger charge is -2.34. The van der Waals surface area contributed by atoms with E-state index in [-0.39, 0.29) is 5.91 Å². The van der Waals surface area contributed by atoms with Gasteiger partial charge in [-0.1, -0.05) is 22.0 Å². The molecule has 0 N–H and O–H groups in total. The van der Waals surface area contributed by atoms with E-state index in [0.717, 1.165) is 29.3 Å². The number of carbonyl (C=O) groups excluding carboxylic acids is 1. The smallest absolute Gasteiger partial charge is 0.226 e. The summed E-state index contributed by atoms with van der Waals surface area (Å²) in [6.07, 6.45) is 3.85. The third-order valence-electron chi connectivity index (χ3n) is 3.85. The molecule has 0 saturated carbocycles. The van der Waals surface area contributed by atoms with Crippen LogP contribution in [0.2, 0.25) is 0 Å². The van der Waals surface area contributed by atoms with Gasteiger partial charge in [0.2, 0.25) is 11.9 Å². The molecule has 1 aliphatic rings. The predicted octanol–water partition coefficient (Wildman–Crippen LogP) is 2.36. The molecular weight excluding hydrogens is 372 g/mol. The summed E-state index contributed by atoms with van der Waals surface area (Å²) in [5, 5.41) is 0. The topological polar surface area (TPSA) is 58.6 Å². The Labute approximate surface area is 149 Å². The van der Waals surface area contributed by atoms with Crippen LogP contribution in [-0.4, -0.2) is 53.6 Å². The average Bonchev–Trinajstić information content (AvgIpc) is 2.63. The van der Waals surface area contributed by atoms with Crippen LogP contribution in [0, 0.1) is 0 Å². The van der Waals surface area contributed by atoms with Gasteiger partial charge >= 0.3 is 0 Å². The van der Waals surface area contributed by atoms with Gasteiger partial charge in [0.15, 0.2) is 0 Å². The second-order valence-electron chi connectivity index (χ2n) is 5.47. The fourth-order valence-corrected chi connectivity index (χ4v) is 2.96. The van der Waals surface area contributed by atoms with Gasteiger partial charge in [0.25, 0.3) is 0 Å². The minimum absolute atomic E-state index is 0.124. The van der Waals surface area contributed by atoms with E-state index in [1.807, 2.05) is 29.2 Å². The van der Waals surface area contributed by atoms with Crippen LogP contribution in [-0.2, 0) is 4.79 Å². The van der Waals surface area contributed by atoms with Crippen molar-refractivity contribution in [3.63, 3.8) is 0 Å². The van der Waals surface area contributed by atoms with Crippen molar-refractivity contribution in [2.75, 3.05) is 37.7 Å². The number of carbonyl (C=O) groups is 1. The molecule has 1 aromatic carbocycles. The molecule has 0 unspecified atom stereocenters. The second-order valence-corrected chi connectivity index (χ2v) is 6.39. The van der Waals surface area contributed by atoms with Crippen LogP contribution in [0.25, 0.3) is 0 Å². The molecule has 0 aliphatic carbocycles. The van der Waals surface area contributed by atoms with E-state index in [1.165, 1.54) is 0 Å². The Kier molecular flexibility index (Phi) is 5.63. The van der Waals surface area contributed by atoms with Crippen LogP contribution in [0.3, 0.4) is 0 Å². The molecule has 3 rings (SSSR count). The predicted molar refractivity (Wildman–Crippen MR) is 95.1 cm³/mol. The molecule has 1 aromatic heterocycles. The largest absolute Gasteiger partial charge is 0.493 e. The summed E-state index contributed by atoms with van der Waals surface area (Å²) in [6.45, 7) is 3.27. The molecule has 1 saturated heterocycles. The summed E-state index contributed by atoms with van der Waals surface area (Å²) >= 11 is 3.40. The first kappa shape index (κ1) is 16.7. The van der Waals surface area contributed by atoms with Crippen molar-refractivity contribution in [2.45, 2.75) is 6.42 Å². The molecule has 6 nitrogen and oxygen atoms in total. The van der Waals surface area contributed by atoms with E-state index >= 15 is 0 Å². The van der Waals surface area contributed by atoms with Crippen molar-refractivity contribution in [1.82, 2.24) is 14.9 Å². The lowest BCUT2D eigenvalue weighted by molar-refractivity contribution is -0.132. The van der Waals surface area contributed by atoms with Crippen molar-refractivity contribution in [3.05, 3.63) is 47.2 Å². The molecule has 7 heteroatoms. The number of halogens is 1. The Morgan fingerprint density at radius 2 is 1.88 bits per heavy atom. The summed E-state index contributed by atoms with van der Waals surface area (Å²) < 4.78 is 6.59. The first-order chi connectivity index (χ1) is 11.7. The number of hydrogen-bond acceptors (Lipinski definition) is 5. The highest BCUT2D eigenvalue weighted by atomic mass is 79.9. The molecule has 24 heavy (non-hydrogen) atoms. The highest BCUT2D eigenvalue weighted by Gasteiger charge is 2.22. The zero-order chi connectivity index (χ0) is 16.8. The monoisotopic (exact) mass is 390 g/mol. The summed E-state index contributed by atoms with van der Waals surface area (Å²) in [7, 11) is 0. The molecule has 0 atom stereocenters. The number of nitrogens with zero attached hydrogens (tertiary/aromatic N) is 4. The zero-order valence-electron chi connectivity index (χ0n) is 13.3. The average molecular weight is 391 g/mol. The maximum Gasteiger partial charge on any atom is 0.226 e. The molecule has 0 bridgehead atoms. The Morgan fingerprint density at radius 3 is 2.58 bits per heavy atom. The van der Waals surface area contributed by atoms with E-state index in [0.29, 0.717) is 26.1 Å². The standard InChI is InChI=1S/C17H19BrN4O2/c18-14-3-1-4-15(13-14)24-12-5-16(23)21-8-10-22(11-9-21)17-19-6-2-7-20-17/h1-4,6-7,13H,5,8-12H2. The SMILES string of the molecule is O=C(CCOc1cccc(Br)c1)N1CCN(c2ncccn2)CC1. The Morgan fingerprint density at radius 1 is 1.12 bits per heavy atom. The molecule has 0 spiro atoms. The van der Waals surface area contributed by atoms with Crippen LogP contribution in [0.15, 0.2) is 47.2 Å². The fraction of sp³-hybridized carbons (Fsp3) is 0.353. The highest BCUT2D eigenvalue weighted by molar-refractivity contribution is 9.10. The second kappa shape index (κ2) is 8.10.